The van der Waals surface area contributed by atoms with Crippen molar-refractivity contribution in [1.82, 2.24) is 9.80 Å². The summed E-state index contributed by atoms with van der Waals surface area (Å²) >= 11 is 2.28. The number of hydrogen-bond acceptors (Lipinski definition) is 2. The summed E-state index contributed by atoms with van der Waals surface area (Å²) in [5, 5.41) is 0. The summed E-state index contributed by atoms with van der Waals surface area (Å²) in [6.07, 6.45) is 3.59. The van der Waals surface area contributed by atoms with Crippen LogP contribution >= 0.6 is 22.6 Å². The molecular weight excluding hydrogens is 339 g/mol. The summed E-state index contributed by atoms with van der Waals surface area (Å²) in [7, 11) is 2.09. The Bertz CT molecular complexity index is 451. The molecule has 0 aromatic heterocycles. The second-order valence-corrected chi connectivity index (χ2v) is 5.65. The monoisotopic (exact) mass is 356 g/mol. The van der Waals surface area contributed by atoms with E-state index in [4.69, 9.17) is 0 Å². The molecule has 1 heterocycles. The SMILES string of the molecule is CN1CCN(C(=O)C=Cc2ccccc2I)CC1. The minimum absolute atomic E-state index is 0.114. The lowest BCUT2D eigenvalue weighted by Gasteiger charge is -2.31. The number of benzene rings is 1. The molecule has 0 N–H and O–H groups in total. The van der Waals surface area contributed by atoms with E-state index in [0.717, 1.165) is 35.3 Å². The summed E-state index contributed by atoms with van der Waals surface area (Å²) in [6, 6.07) is 8.06. The molecule has 0 spiro atoms. The van der Waals surface area contributed by atoms with E-state index >= 15 is 0 Å². The maximum absolute atomic E-state index is 12.0. The normalized spacial score (nSPS) is 17.3. The predicted molar refractivity (Wildman–Crippen MR) is 82.3 cm³/mol. The van der Waals surface area contributed by atoms with Crippen LogP contribution in [-0.4, -0.2) is 48.9 Å². The Morgan fingerprint density at radius 2 is 1.89 bits per heavy atom. The lowest BCUT2D eigenvalue weighted by Crippen LogP contribution is -2.46. The van der Waals surface area contributed by atoms with E-state index in [2.05, 4.69) is 34.5 Å². The molecule has 1 aliphatic rings. The number of halogens is 1. The molecule has 0 saturated carbocycles. The van der Waals surface area contributed by atoms with E-state index in [1.165, 1.54) is 0 Å². The van der Waals surface area contributed by atoms with Crippen LogP contribution in [0.3, 0.4) is 0 Å². The average Bonchev–Trinajstić information content (AvgIpc) is 2.38. The third-order valence-corrected chi connectivity index (χ3v) is 4.11. The van der Waals surface area contributed by atoms with Crippen LogP contribution in [0.2, 0.25) is 0 Å². The Hall–Kier alpha value is -0.880. The molecule has 0 radical (unpaired) electrons. The van der Waals surface area contributed by atoms with Gasteiger partial charge in [-0.2, -0.15) is 0 Å². The standard InChI is InChI=1S/C14H17IN2O/c1-16-8-10-17(11-9-16)14(18)7-6-12-4-2-3-5-13(12)15/h2-7H,8-11H2,1H3. The largest absolute Gasteiger partial charge is 0.337 e. The summed E-state index contributed by atoms with van der Waals surface area (Å²) in [4.78, 5) is 16.2. The molecular formula is C14H17IN2O. The minimum atomic E-state index is 0.114. The van der Waals surface area contributed by atoms with Crippen LogP contribution in [0.5, 0.6) is 0 Å². The average molecular weight is 356 g/mol. The Balaban J connectivity index is 1.97. The quantitative estimate of drug-likeness (QED) is 0.599. The molecule has 0 aliphatic carbocycles. The van der Waals surface area contributed by atoms with Crippen LogP contribution < -0.4 is 0 Å². The van der Waals surface area contributed by atoms with Gasteiger partial charge in [-0.3, -0.25) is 4.79 Å². The molecule has 1 saturated heterocycles. The first-order valence-electron chi connectivity index (χ1n) is 6.07. The highest BCUT2D eigenvalue weighted by molar-refractivity contribution is 14.1. The summed E-state index contributed by atoms with van der Waals surface area (Å²) < 4.78 is 1.16. The van der Waals surface area contributed by atoms with Crippen LogP contribution in [0, 0.1) is 3.57 Å². The molecule has 96 valence electrons. The van der Waals surface area contributed by atoms with Crippen LogP contribution in [-0.2, 0) is 4.79 Å². The molecule has 0 unspecified atom stereocenters. The van der Waals surface area contributed by atoms with Crippen molar-refractivity contribution in [1.29, 1.82) is 0 Å². The van der Waals surface area contributed by atoms with Crippen LogP contribution in [0.15, 0.2) is 30.3 Å². The number of rotatable bonds is 2. The number of carbonyl (C=O) groups excluding carboxylic acids is 1. The van der Waals surface area contributed by atoms with Crippen molar-refractivity contribution in [2.75, 3.05) is 33.2 Å². The molecule has 1 amide bonds. The van der Waals surface area contributed by atoms with E-state index in [1.807, 2.05) is 35.2 Å². The first-order valence-corrected chi connectivity index (χ1v) is 7.15. The number of piperazine rings is 1. The molecule has 0 bridgehead atoms. The fourth-order valence-corrected chi connectivity index (χ4v) is 2.47. The molecule has 0 atom stereocenters. The molecule has 1 fully saturated rings. The van der Waals surface area contributed by atoms with Crippen molar-refractivity contribution in [2.45, 2.75) is 0 Å². The van der Waals surface area contributed by atoms with Gasteiger partial charge in [0.15, 0.2) is 0 Å². The highest BCUT2D eigenvalue weighted by Crippen LogP contribution is 2.13. The fraction of sp³-hybridized carbons (Fsp3) is 0.357. The van der Waals surface area contributed by atoms with E-state index in [0.29, 0.717) is 0 Å². The number of likely N-dealkylation sites (N-methyl/N-ethyl adjacent to an activating group) is 1. The van der Waals surface area contributed by atoms with Gasteiger partial charge in [-0.15, -0.1) is 0 Å². The Labute approximate surface area is 122 Å². The zero-order valence-corrected chi connectivity index (χ0v) is 12.6. The van der Waals surface area contributed by atoms with Crippen molar-refractivity contribution < 1.29 is 4.79 Å². The molecule has 3 nitrogen and oxygen atoms in total. The zero-order valence-electron chi connectivity index (χ0n) is 10.5. The van der Waals surface area contributed by atoms with Gasteiger partial charge < -0.3 is 9.80 Å². The van der Waals surface area contributed by atoms with Gasteiger partial charge in [-0.25, -0.2) is 0 Å². The zero-order chi connectivity index (χ0) is 13.0. The number of nitrogens with zero attached hydrogens (tertiary/aromatic N) is 2. The van der Waals surface area contributed by atoms with Crippen LogP contribution in [0.25, 0.3) is 6.08 Å². The van der Waals surface area contributed by atoms with Crippen LogP contribution in [0.1, 0.15) is 5.56 Å². The van der Waals surface area contributed by atoms with Gasteiger partial charge >= 0.3 is 0 Å². The topological polar surface area (TPSA) is 23.6 Å². The van der Waals surface area contributed by atoms with Crippen molar-refractivity contribution >= 4 is 34.6 Å². The smallest absolute Gasteiger partial charge is 0.246 e. The lowest BCUT2D eigenvalue weighted by molar-refractivity contribution is -0.127. The van der Waals surface area contributed by atoms with Crippen LogP contribution in [0.4, 0.5) is 0 Å². The molecule has 1 aromatic rings. The van der Waals surface area contributed by atoms with Crippen molar-refractivity contribution in [3.63, 3.8) is 0 Å². The molecule has 4 heteroatoms. The van der Waals surface area contributed by atoms with Gasteiger partial charge in [0.05, 0.1) is 0 Å². The van der Waals surface area contributed by atoms with E-state index < -0.39 is 0 Å². The Morgan fingerprint density at radius 1 is 1.22 bits per heavy atom. The molecule has 1 aliphatic heterocycles. The molecule has 1 aromatic carbocycles. The van der Waals surface area contributed by atoms with E-state index in [-0.39, 0.29) is 5.91 Å². The number of carbonyl (C=O) groups is 1. The van der Waals surface area contributed by atoms with Crippen molar-refractivity contribution in [3.05, 3.63) is 39.5 Å². The highest BCUT2D eigenvalue weighted by Gasteiger charge is 2.16. The predicted octanol–water partition coefficient (Wildman–Crippen LogP) is 2.08. The van der Waals surface area contributed by atoms with Gasteiger partial charge in [0.25, 0.3) is 0 Å². The van der Waals surface area contributed by atoms with E-state index in [9.17, 15) is 4.79 Å². The lowest BCUT2D eigenvalue weighted by atomic mass is 10.2. The summed E-state index contributed by atoms with van der Waals surface area (Å²) in [6.45, 7) is 3.57. The van der Waals surface area contributed by atoms with Gasteiger partial charge in [0, 0.05) is 35.8 Å². The summed E-state index contributed by atoms with van der Waals surface area (Å²) in [5.41, 5.74) is 1.10. The Morgan fingerprint density at radius 3 is 2.56 bits per heavy atom. The van der Waals surface area contributed by atoms with Crippen molar-refractivity contribution in [3.8, 4) is 0 Å². The third-order valence-electron chi connectivity index (χ3n) is 3.13. The van der Waals surface area contributed by atoms with Crippen molar-refractivity contribution in [2.24, 2.45) is 0 Å². The summed E-state index contributed by atoms with van der Waals surface area (Å²) in [5.74, 6) is 0.114. The van der Waals surface area contributed by atoms with Gasteiger partial charge in [0.2, 0.25) is 5.91 Å². The van der Waals surface area contributed by atoms with Gasteiger partial charge in [0.1, 0.15) is 0 Å². The minimum Gasteiger partial charge on any atom is -0.337 e. The van der Waals surface area contributed by atoms with Gasteiger partial charge in [-0.05, 0) is 47.3 Å². The third kappa shape index (κ3) is 3.55. The first kappa shape index (κ1) is 13.5. The number of hydrogen-bond donors (Lipinski definition) is 0. The maximum atomic E-state index is 12.0. The first-order chi connectivity index (χ1) is 8.66. The highest BCUT2D eigenvalue weighted by atomic mass is 127. The fourth-order valence-electron chi connectivity index (χ4n) is 1.90. The molecule has 2 rings (SSSR count). The molecule has 18 heavy (non-hydrogen) atoms. The number of amides is 1. The second-order valence-electron chi connectivity index (χ2n) is 4.48. The Kier molecular flexibility index (Phi) is 4.77. The maximum Gasteiger partial charge on any atom is 0.246 e. The van der Waals surface area contributed by atoms with E-state index in [1.54, 1.807) is 6.08 Å². The second kappa shape index (κ2) is 6.33. The van der Waals surface area contributed by atoms with Gasteiger partial charge in [-0.1, -0.05) is 18.2 Å².